The summed E-state index contributed by atoms with van der Waals surface area (Å²) in [6.07, 6.45) is -0.706. The molecular weight excluding hydrogens is 382 g/mol. The second-order valence-corrected chi connectivity index (χ2v) is 7.33. The predicted octanol–water partition coefficient (Wildman–Crippen LogP) is 2.81. The Bertz CT molecular complexity index is 779. The van der Waals surface area contributed by atoms with E-state index in [0.717, 1.165) is 37.7 Å². The van der Waals surface area contributed by atoms with Crippen LogP contribution in [-0.4, -0.2) is 65.3 Å². The maximum Gasteiger partial charge on any atom is 0.310 e. The van der Waals surface area contributed by atoms with Crippen LogP contribution in [0.5, 0.6) is 5.75 Å². The molecule has 2 aromatic carbocycles. The number of para-hydroxylation sites is 2. The molecule has 1 unspecified atom stereocenters. The third kappa shape index (κ3) is 5.90. The zero-order valence-electron chi connectivity index (χ0n) is 15.5. The van der Waals surface area contributed by atoms with Crippen molar-refractivity contribution in [3.05, 3.63) is 69.2 Å². The summed E-state index contributed by atoms with van der Waals surface area (Å²) in [6, 6.07) is 14.1. The van der Waals surface area contributed by atoms with Gasteiger partial charge in [-0.25, -0.2) is 0 Å². The Labute approximate surface area is 169 Å². The lowest BCUT2D eigenvalue weighted by atomic mass is 10.2. The summed E-state index contributed by atoms with van der Waals surface area (Å²) in [5.74, 6) is 0.180. The van der Waals surface area contributed by atoms with E-state index in [9.17, 15) is 15.2 Å². The van der Waals surface area contributed by atoms with Crippen molar-refractivity contribution in [2.45, 2.75) is 12.6 Å². The molecule has 0 aromatic heterocycles. The van der Waals surface area contributed by atoms with E-state index in [0.29, 0.717) is 6.54 Å². The van der Waals surface area contributed by atoms with Crippen molar-refractivity contribution in [1.82, 2.24) is 9.80 Å². The molecule has 1 atom stereocenters. The van der Waals surface area contributed by atoms with E-state index in [-0.39, 0.29) is 18.0 Å². The fourth-order valence-electron chi connectivity index (χ4n) is 3.24. The molecular formula is C20H24ClN3O4. The molecule has 0 aliphatic carbocycles. The summed E-state index contributed by atoms with van der Waals surface area (Å²) in [7, 11) is 0. The molecule has 1 aliphatic rings. The Morgan fingerprint density at radius 2 is 1.71 bits per heavy atom. The lowest BCUT2D eigenvalue weighted by Gasteiger charge is -2.35. The molecule has 1 N–H and O–H groups in total. The van der Waals surface area contributed by atoms with Gasteiger partial charge in [0.1, 0.15) is 12.7 Å². The SMILES string of the molecule is O=[N+]([O-])c1ccccc1OCC(O)CN1CCN(Cc2ccc(Cl)cc2)CC1. The lowest BCUT2D eigenvalue weighted by Crippen LogP contribution is -2.48. The number of aliphatic hydroxyl groups is 1. The van der Waals surface area contributed by atoms with Gasteiger partial charge in [-0.05, 0) is 23.8 Å². The van der Waals surface area contributed by atoms with E-state index in [1.807, 2.05) is 24.3 Å². The summed E-state index contributed by atoms with van der Waals surface area (Å²) in [5.41, 5.74) is 1.14. The average molecular weight is 406 g/mol. The largest absolute Gasteiger partial charge is 0.484 e. The van der Waals surface area contributed by atoms with Crippen molar-refractivity contribution >= 4 is 17.3 Å². The minimum atomic E-state index is -0.706. The first kappa shape index (κ1) is 20.5. The minimum absolute atomic E-state index is 0.0237. The number of aliphatic hydroxyl groups excluding tert-OH is 1. The number of rotatable bonds is 8. The molecule has 0 saturated carbocycles. The fourth-order valence-corrected chi connectivity index (χ4v) is 3.37. The topological polar surface area (TPSA) is 79.1 Å². The highest BCUT2D eigenvalue weighted by molar-refractivity contribution is 6.30. The smallest absolute Gasteiger partial charge is 0.310 e. The van der Waals surface area contributed by atoms with Gasteiger partial charge in [0.15, 0.2) is 5.75 Å². The zero-order chi connectivity index (χ0) is 19.9. The Balaban J connectivity index is 1.41. The maximum absolute atomic E-state index is 11.0. The van der Waals surface area contributed by atoms with Crippen molar-refractivity contribution in [3.63, 3.8) is 0 Å². The second kappa shape index (κ2) is 9.84. The first-order chi connectivity index (χ1) is 13.5. The molecule has 1 saturated heterocycles. The van der Waals surface area contributed by atoms with Gasteiger partial charge in [0.25, 0.3) is 0 Å². The highest BCUT2D eigenvalue weighted by atomic mass is 35.5. The van der Waals surface area contributed by atoms with E-state index >= 15 is 0 Å². The van der Waals surface area contributed by atoms with Crippen molar-refractivity contribution in [3.8, 4) is 5.75 Å². The molecule has 3 rings (SSSR count). The Hall–Kier alpha value is -2.19. The molecule has 150 valence electrons. The number of hydrogen-bond donors (Lipinski definition) is 1. The highest BCUT2D eigenvalue weighted by Gasteiger charge is 2.21. The number of halogens is 1. The fraction of sp³-hybridized carbons (Fsp3) is 0.400. The van der Waals surface area contributed by atoms with Crippen molar-refractivity contribution < 1.29 is 14.8 Å². The van der Waals surface area contributed by atoms with Gasteiger partial charge in [0.2, 0.25) is 0 Å². The van der Waals surface area contributed by atoms with Crippen LogP contribution < -0.4 is 4.74 Å². The minimum Gasteiger partial charge on any atom is -0.484 e. The summed E-state index contributed by atoms with van der Waals surface area (Å²) < 4.78 is 5.47. The summed E-state index contributed by atoms with van der Waals surface area (Å²) in [6.45, 7) is 4.94. The van der Waals surface area contributed by atoms with Crippen LogP contribution in [-0.2, 0) is 6.54 Å². The number of nitrogens with zero attached hydrogens (tertiary/aromatic N) is 3. The Kier molecular flexibility index (Phi) is 7.22. The molecule has 0 bridgehead atoms. The highest BCUT2D eigenvalue weighted by Crippen LogP contribution is 2.25. The average Bonchev–Trinajstić information content (AvgIpc) is 2.70. The van der Waals surface area contributed by atoms with E-state index in [1.54, 1.807) is 18.2 Å². The van der Waals surface area contributed by atoms with Crippen molar-refractivity contribution in [2.24, 2.45) is 0 Å². The molecule has 1 heterocycles. The van der Waals surface area contributed by atoms with Gasteiger partial charge in [0.05, 0.1) is 4.92 Å². The quantitative estimate of drug-likeness (QED) is 0.537. The lowest BCUT2D eigenvalue weighted by molar-refractivity contribution is -0.385. The second-order valence-electron chi connectivity index (χ2n) is 6.89. The summed E-state index contributed by atoms with van der Waals surface area (Å²) >= 11 is 5.92. The van der Waals surface area contributed by atoms with Gasteiger partial charge in [-0.2, -0.15) is 0 Å². The molecule has 0 amide bonds. The molecule has 7 nitrogen and oxygen atoms in total. The van der Waals surface area contributed by atoms with Gasteiger partial charge in [-0.1, -0.05) is 35.9 Å². The number of nitro groups is 1. The number of ether oxygens (including phenoxy) is 1. The summed E-state index contributed by atoms with van der Waals surface area (Å²) in [5, 5.41) is 22.0. The van der Waals surface area contributed by atoms with Crippen molar-refractivity contribution in [2.75, 3.05) is 39.3 Å². The molecule has 0 spiro atoms. The van der Waals surface area contributed by atoms with E-state index in [1.165, 1.54) is 11.6 Å². The molecule has 8 heteroatoms. The maximum atomic E-state index is 11.0. The zero-order valence-corrected chi connectivity index (χ0v) is 16.3. The standard InChI is InChI=1S/C20H24ClN3O4/c21-17-7-5-16(6-8-17)13-22-9-11-23(12-10-22)14-18(25)15-28-20-4-2-1-3-19(20)24(26)27/h1-8,18,25H,9-15H2. The van der Waals surface area contributed by atoms with E-state index < -0.39 is 11.0 Å². The normalized spacial score (nSPS) is 16.6. The first-order valence-electron chi connectivity index (χ1n) is 9.24. The Morgan fingerprint density at radius 1 is 1.07 bits per heavy atom. The number of hydrogen-bond acceptors (Lipinski definition) is 6. The molecule has 0 radical (unpaired) electrons. The first-order valence-corrected chi connectivity index (χ1v) is 9.62. The molecule has 2 aromatic rings. The Morgan fingerprint density at radius 3 is 2.39 bits per heavy atom. The number of piperazine rings is 1. The van der Waals surface area contributed by atoms with Crippen LogP contribution in [0, 0.1) is 10.1 Å². The van der Waals surface area contributed by atoms with E-state index in [2.05, 4.69) is 9.80 Å². The van der Waals surface area contributed by atoms with Crippen LogP contribution in [0.15, 0.2) is 48.5 Å². The molecule has 1 fully saturated rings. The summed E-state index contributed by atoms with van der Waals surface area (Å²) in [4.78, 5) is 15.1. The van der Waals surface area contributed by atoms with Crippen LogP contribution in [0.25, 0.3) is 0 Å². The number of benzene rings is 2. The van der Waals surface area contributed by atoms with Crippen LogP contribution in [0.3, 0.4) is 0 Å². The monoisotopic (exact) mass is 405 g/mol. The third-order valence-corrected chi connectivity index (χ3v) is 5.00. The van der Waals surface area contributed by atoms with Gasteiger partial charge < -0.3 is 9.84 Å². The molecule has 28 heavy (non-hydrogen) atoms. The third-order valence-electron chi connectivity index (χ3n) is 4.75. The van der Waals surface area contributed by atoms with Crippen LogP contribution >= 0.6 is 11.6 Å². The number of β-amino-alcohol motifs (C(OH)–C–C–N with tert-alkyl or cyclic N) is 1. The van der Waals surface area contributed by atoms with Gasteiger partial charge in [0, 0.05) is 50.4 Å². The van der Waals surface area contributed by atoms with E-state index in [4.69, 9.17) is 16.3 Å². The van der Waals surface area contributed by atoms with Crippen LogP contribution in [0.4, 0.5) is 5.69 Å². The van der Waals surface area contributed by atoms with Crippen LogP contribution in [0.1, 0.15) is 5.56 Å². The predicted molar refractivity (Wildman–Crippen MR) is 108 cm³/mol. The van der Waals surface area contributed by atoms with Crippen LogP contribution in [0.2, 0.25) is 5.02 Å². The van der Waals surface area contributed by atoms with Gasteiger partial charge >= 0.3 is 5.69 Å². The van der Waals surface area contributed by atoms with Crippen molar-refractivity contribution in [1.29, 1.82) is 0 Å². The molecule has 1 aliphatic heterocycles. The number of nitro benzene ring substituents is 1. The van der Waals surface area contributed by atoms with Gasteiger partial charge in [-0.3, -0.25) is 19.9 Å². The van der Waals surface area contributed by atoms with Gasteiger partial charge in [-0.15, -0.1) is 0 Å².